The summed E-state index contributed by atoms with van der Waals surface area (Å²) in [5.41, 5.74) is 0. The Bertz CT molecular complexity index is 496. The van der Waals surface area contributed by atoms with Crippen LogP contribution in [-0.2, 0) is 23.1 Å². The average Bonchev–Trinajstić information content (AvgIpc) is 2.19. The van der Waals surface area contributed by atoms with Gasteiger partial charge < -0.3 is 44.3 Å². The van der Waals surface area contributed by atoms with Crippen molar-refractivity contribution in [1.82, 2.24) is 0 Å². The van der Waals surface area contributed by atoms with Gasteiger partial charge >= 0.3 is 36.4 Å². The molecular weight excluding hydrogens is 444 g/mol. The molecule has 0 aromatic rings. The van der Waals surface area contributed by atoms with Crippen molar-refractivity contribution >= 4 is 36.4 Å². The second kappa shape index (κ2) is 13.3. The molecule has 0 radical (unpaired) electrons. The zero-order valence-corrected chi connectivity index (χ0v) is 17.2. The molecule has 0 aliphatic carbocycles. The summed E-state index contributed by atoms with van der Waals surface area (Å²) >= 11 is 0. The van der Waals surface area contributed by atoms with Crippen molar-refractivity contribution in [3.8, 4) is 0 Å². The number of rotatable bonds is 8. The number of carbonyl (C=O) groups is 1. The Labute approximate surface area is 148 Å². The van der Waals surface area contributed by atoms with Crippen LogP contribution in [0.2, 0.25) is 0 Å². The lowest BCUT2D eigenvalue weighted by Gasteiger charge is -2.03. The predicted octanol–water partition coefficient (Wildman–Crippen LogP) is 0.250. The fourth-order valence-electron chi connectivity index (χ4n) is 1.01. The molecule has 0 unspecified atom stereocenters. The van der Waals surface area contributed by atoms with Crippen molar-refractivity contribution in [1.29, 1.82) is 0 Å². The maximum absolute atomic E-state index is 9.87. The van der Waals surface area contributed by atoms with E-state index in [1.165, 1.54) is 0 Å². The van der Waals surface area contributed by atoms with E-state index in [4.69, 9.17) is 44.3 Å². The topological polar surface area (TPSA) is 267 Å². The second-order valence-corrected chi connectivity index (χ2v) is 12.4. The Morgan fingerprint density at radius 3 is 1.04 bits per heavy atom. The summed E-state index contributed by atoms with van der Waals surface area (Å²) in [6, 6.07) is 0. The highest BCUT2D eigenvalue weighted by Gasteiger charge is 2.27. The van der Waals surface area contributed by atoms with Gasteiger partial charge in [0.05, 0.1) is 0 Å². The Morgan fingerprint density at radius 2 is 0.923 bits per heavy atom. The third-order valence-corrected chi connectivity index (χ3v) is 7.63. The molecule has 26 heavy (non-hydrogen) atoms. The molecule has 18 heteroatoms. The molecule has 0 rings (SSSR count). The van der Waals surface area contributed by atoms with E-state index in [1.807, 2.05) is 0 Å². The van der Waals surface area contributed by atoms with E-state index in [0.29, 0.717) is 6.42 Å². The number of carboxylic acid groups (broad SMARTS) is 1. The Balaban J connectivity index is -0.000000306. The maximum atomic E-state index is 9.87. The van der Waals surface area contributed by atoms with E-state index >= 15 is 0 Å². The van der Waals surface area contributed by atoms with Crippen LogP contribution in [0.25, 0.3) is 0 Å². The first-order chi connectivity index (χ1) is 11.2. The van der Waals surface area contributed by atoms with Gasteiger partial charge in [0, 0.05) is 6.42 Å². The summed E-state index contributed by atoms with van der Waals surface area (Å²) in [5.74, 6) is -3.43. The first-order valence-electron chi connectivity index (χ1n) is 6.58. The monoisotopic (exact) mass is 468 g/mol. The van der Waals surface area contributed by atoms with E-state index in [-0.39, 0.29) is 0 Å². The largest absolute Gasteiger partial charge is 0.481 e. The minimum atomic E-state index is -4.55. The van der Waals surface area contributed by atoms with Crippen LogP contribution in [0.3, 0.4) is 0 Å². The van der Waals surface area contributed by atoms with E-state index < -0.39 is 48.2 Å². The van der Waals surface area contributed by atoms with Crippen molar-refractivity contribution in [2.75, 3.05) is 11.8 Å². The molecule has 0 aromatic carbocycles. The van der Waals surface area contributed by atoms with Gasteiger partial charge in [-0.2, -0.15) is 0 Å². The molecule has 160 valence electrons. The Hall–Kier alpha value is 0.0700. The molecule has 0 bridgehead atoms. The maximum Gasteiger partial charge on any atom is 0.337 e. The van der Waals surface area contributed by atoms with E-state index in [2.05, 4.69) is 6.92 Å². The number of hydrogen-bond acceptors (Lipinski definition) is 5. The van der Waals surface area contributed by atoms with Crippen LogP contribution in [0.1, 0.15) is 32.6 Å². The molecule has 0 heterocycles. The Morgan fingerprint density at radius 1 is 0.654 bits per heavy atom. The van der Waals surface area contributed by atoms with Crippen LogP contribution in [0.4, 0.5) is 0 Å². The number of hydrogen-bond donors (Lipinski definition) is 9. The summed E-state index contributed by atoms with van der Waals surface area (Å²) in [6.45, 7) is 2.06. The van der Waals surface area contributed by atoms with Crippen molar-refractivity contribution in [2.24, 2.45) is 0 Å². The molecule has 0 fully saturated rings. The quantitative estimate of drug-likeness (QED) is 0.171. The van der Waals surface area contributed by atoms with Gasteiger partial charge in [0.15, 0.2) is 11.8 Å². The van der Waals surface area contributed by atoms with Crippen molar-refractivity contribution in [3.63, 3.8) is 0 Å². The first-order valence-corrected chi connectivity index (χ1v) is 13.8. The van der Waals surface area contributed by atoms with Crippen molar-refractivity contribution < 1.29 is 67.3 Å². The molecule has 0 aliphatic rings. The third kappa shape index (κ3) is 44.0. The first kappa shape index (κ1) is 30.8. The minimum Gasteiger partial charge on any atom is -0.481 e. The summed E-state index contributed by atoms with van der Waals surface area (Å²) in [6.07, 6.45) is 3.28. The van der Waals surface area contributed by atoms with Gasteiger partial charge in [-0.15, -0.1) is 0 Å². The summed E-state index contributed by atoms with van der Waals surface area (Å²) < 4.78 is 39.4. The van der Waals surface area contributed by atoms with Crippen LogP contribution in [-0.4, -0.2) is 62.0 Å². The fourth-order valence-corrected chi connectivity index (χ4v) is 4.85. The number of aliphatic carboxylic acids is 1. The molecule has 0 spiro atoms. The van der Waals surface area contributed by atoms with Gasteiger partial charge in [-0.25, -0.2) is 0 Å². The predicted molar refractivity (Wildman–Crippen MR) is 89.7 cm³/mol. The molecule has 0 aromatic heterocycles. The molecular formula is C8H24O14P4. The van der Waals surface area contributed by atoms with E-state index in [1.54, 1.807) is 0 Å². The van der Waals surface area contributed by atoms with Crippen LogP contribution >= 0.6 is 30.4 Å². The van der Waals surface area contributed by atoms with E-state index in [9.17, 15) is 23.1 Å². The standard InChI is InChI=1S/C6H12O2.2CH6O6P2/c1-2-3-4-5-6(7)8;2*2-8(3,4)1-9(5,6)7/h2-5H2,1H3,(H,7,8);2*1H2,(H2,2,3,4)(H2,5,6,7). The lowest BCUT2D eigenvalue weighted by atomic mass is 10.2. The van der Waals surface area contributed by atoms with Crippen LogP contribution in [0.15, 0.2) is 0 Å². The van der Waals surface area contributed by atoms with Gasteiger partial charge in [-0.05, 0) is 6.42 Å². The third-order valence-electron chi connectivity index (χ3n) is 1.73. The average molecular weight is 468 g/mol. The molecule has 0 saturated carbocycles. The number of carboxylic acids is 1. The highest BCUT2D eigenvalue weighted by atomic mass is 31.2. The molecule has 14 nitrogen and oxygen atoms in total. The summed E-state index contributed by atoms with van der Waals surface area (Å²) in [7, 11) is -18.2. The van der Waals surface area contributed by atoms with Crippen molar-refractivity contribution in [3.05, 3.63) is 0 Å². The van der Waals surface area contributed by atoms with Crippen LogP contribution in [0, 0.1) is 0 Å². The molecule has 0 aliphatic heterocycles. The zero-order chi connectivity index (χ0) is 21.8. The molecule has 0 amide bonds. The zero-order valence-electron chi connectivity index (χ0n) is 13.6. The van der Waals surface area contributed by atoms with Gasteiger partial charge in [-0.1, -0.05) is 19.8 Å². The SMILES string of the molecule is CCCCCC(=O)O.O=P(O)(O)CP(=O)(O)O.O=P(O)(O)CP(=O)(O)O. The smallest absolute Gasteiger partial charge is 0.337 e. The van der Waals surface area contributed by atoms with Crippen molar-refractivity contribution in [2.45, 2.75) is 32.6 Å². The van der Waals surface area contributed by atoms with Gasteiger partial charge in [-0.3, -0.25) is 23.1 Å². The summed E-state index contributed by atoms with van der Waals surface area (Å²) in [4.78, 5) is 73.7. The molecule has 0 atom stereocenters. The lowest BCUT2D eigenvalue weighted by Crippen LogP contribution is -1.92. The second-order valence-electron chi connectivity index (χ2n) is 4.79. The minimum absolute atomic E-state index is 0.327. The lowest BCUT2D eigenvalue weighted by molar-refractivity contribution is -0.137. The highest BCUT2D eigenvalue weighted by Crippen LogP contribution is 2.52. The van der Waals surface area contributed by atoms with Gasteiger partial charge in [0.2, 0.25) is 0 Å². The highest BCUT2D eigenvalue weighted by molar-refractivity contribution is 7.69. The van der Waals surface area contributed by atoms with Gasteiger partial charge in [0.1, 0.15) is 0 Å². The fraction of sp³-hybridized carbons (Fsp3) is 0.875. The molecule has 9 N–H and O–H groups in total. The summed E-state index contributed by atoms with van der Waals surface area (Å²) in [5, 5.41) is 8.14. The van der Waals surface area contributed by atoms with Crippen LogP contribution in [0.5, 0.6) is 0 Å². The molecule has 0 saturated heterocycles. The van der Waals surface area contributed by atoms with Crippen LogP contribution < -0.4 is 0 Å². The Kier molecular flexibility index (Phi) is 15.7. The van der Waals surface area contributed by atoms with E-state index in [0.717, 1.165) is 19.3 Å². The number of unbranched alkanes of at least 4 members (excludes halogenated alkanes) is 2. The van der Waals surface area contributed by atoms with Gasteiger partial charge in [0.25, 0.3) is 0 Å². The normalized spacial score (nSPS) is 12.3.